The SMILES string of the molecule is CC(Nc1cccc([N+](=O)[O-])c1)c1ccc(F)cc1F. The number of halogens is 2. The Morgan fingerprint density at radius 1 is 1.20 bits per heavy atom. The summed E-state index contributed by atoms with van der Waals surface area (Å²) in [6.07, 6.45) is 0. The van der Waals surface area contributed by atoms with Crippen LogP contribution in [0.4, 0.5) is 20.2 Å². The number of nitrogens with one attached hydrogen (secondary N) is 1. The van der Waals surface area contributed by atoms with E-state index in [4.69, 9.17) is 0 Å². The van der Waals surface area contributed by atoms with Gasteiger partial charge in [-0.1, -0.05) is 12.1 Å². The van der Waals surface area contributed by atoms with Crippen LogP contribution in [-0.2, 0) is 0 Å². The molecule has 0 heterocycles. The zero-order valence-corrected chi connectivity index (χ0v) is 10.6. The molecule has 104 valence electrons. The van der Waals surface area contributed by atoms with E-state index in [1.807, 2.05) is 0 Å². The average Bonchev–Trinajstić information content (AvgIpc) is 2.38. The number of nitrogens with zero attached hydrogens (tertiary/aromatic N) is 1. The lowest BCUT2D eigenvalue weighted by atomic mass is 10.1. The predicted molar refractivity (Wildman–Crippen MR) is 71.5 cm³/mol. The molecule has 0 saturated carbocycles. The molecule has 0 aliphatic carbocycles. The van der Waals surface area contributed by atoms with Crippen LogP contribution >= 0.6 is 0 Å². The number of nitro groups is 1. The lowest BCUT2D eigenvalue weighted by Gasteiger charge is -2.16. The van der Waals surface area contributed by atoms with Gasteiger partial charge in [-0.15, -0.1) is 0 Å². The van der Waals surface area contributed by atoms with Crippen molar-refractivity contribution >= 4 is 11.4 Å². The third-order valence-electron chi connectivity index (χ3n) is 2.87. The van der Waals surface area contributed by atoms with E-state index in [2.05, 4.69) is 5.32 Å². The highest BCUT2D eigenvalue weighted by molar-refractivity contribution is 5.52. The summed E-state index contributed by atoms with van der Waals surface area (Å²) in [5, 5.41) is 13.6. The minimum atomic E-state index is -0.657. The van der Waals surface area contributed by atoms with Gasteiger partial charge in [0.05, 0.1) is 11.0 Å². The molecular weight excluding hydrogens is 266 g/mol. The van der Waals surface area contributed by atoms with Crippen molar-refractivity contribution in [2.45, 2.75) is 13.0 Å². The number of nitro benzene ring substituents is 1. The molecule has 0 aliphatic rings. The molecular formula is C14H12F2N2O2. The summed E-state index contributed by atoms with van der Waals surface area (Å²) in [5.41, 5.74) is 0.732. The molecule has 0 fully saturated rings. The average molecular weight is 278 g/mol. The quantitative estimate of drug-likeness (QED) is 0.678. The third kappa shape index (κ3) is 3.09. The fourth-order valence-electron chi connectivity index (χ4n) is 1.89. The second-order valence-corrected chi connectivity index (χ2v) is 4.34. The molecule has 4 nitrogen and oxygen atoms in total. The molecule has 20 heavy (non-hydrogen) atoms. The van der Waals surface area contributed by atoms with Crippen LogP contribution in [0.1, 0.15) is 18.5 Å². The second-order valence-electron chi connectivity index (χ2n) is 4.34. The highest BCUT2D eigenvalue weighted by Gasteiger charge is 2.13. The first kappa shape index (κ1) is 13.9. The van der Waals surface area contributed by atoms with Crippen LogP contribution in [-0.4, -0.2) is 4.92 Å². The van der Waals surface area contributed by atoms with E-state index in [0.717, 1.165) is 6.07 Å². The molecule has 2 rings (SSSR count). The van der Waals surface area contributed by atoms with Gasteiger partial charge in [0.15, 0.2) is 0 Å². The third-order valence-corrected chi connectivity index (χ3v) is 2.87. The summed E-state index contributed by atoms with van der Waals surface area (Å²) >= 11 is 0. The van der Waals surface area contributed by atoms with Crippen molar-refractivity contribution in [3.05, 3.63) is 69.8 Å². The van der Waals surface area contributed by atoms with Crippen molar-refractivity contribution in [3.8, 4) is 0 Å². The topological polar surface area (TPSA) is 55.2 Å². The summed E-state index contributed by atoms with van der Waals surface area (Å²) in [6, 6.07) is 8.79. The van der Waals surface area contributed by atoms with E-state index in [-0.39, 0.29) is 11.3 Å². The van der Waals surface area contributed by atoms with E-state index in [0.29, 0.717) is 5.69 Å². The molecule has 1 N–H and O–H groups in total. The van der Waals surface area contributed by atoms with E-state index in [1.165, 1.54) is 30.3 Å². The Labute approximate surface area is 114 Å². The van der Waals surface area contributed by atoms with Gasteiger partial charge in [-0.05, 0) is 19.1 Å². The van der Waals surface area contributed by atoms with Crippen LogP contribution < -0.4 is 5.32 Å². The van der Waals surface area contributed by atoms with Gasteiger partial charge in [-0.2, -0.15) is 0 Å². The molecule has 0 amide bonds. The normalized spacial score (nSPS) is 11.9. The van der Waals surface area contributed by atoms with Crippen LogP contribution in [0.5, 0.6) is 0 Å². The number of hydrogen-bond donors (Lipinski definition) is 1. The van der Waals surface area contributed by atoms with Gasteiger partial charge in [0.1, 0.15) is 11.6 Å². The van der Waals surface area contributed by atoms with Crippen molar-refractivity contribution in [1.29, 1.82) is 0 Å². The number of anilines is 1. The van der Waals surface area contributed by atoms with Crippen LogP contribution in [0.3, 0.4) is 0 Å². The lowest BCUT2D eigenvalue weighted by Crippen LogP contribution is -2.09. The predicted octanol–water partition coefficient (Wildman–Crippen LogP) is 4.05. The fourth-order valence-corrected chi connectivity index (χ4v) is 1.89. The first-order valence-electron chi connectivity index (χ1n) is 5.93. The zero-order valence-electron chi connectivity index (χ0n) is 10.6. The Balaban J connectivity index is 2.21. The molecule has 0 aromatic heterocycles. The highest BCUT2D eigenvalue weighted by Crippen LogP contribution is 2.24. The molecule has 0 bridgehead atoms. The van der Waals surface area contributed by atoms with Crippen molar-refractivity contribution < 1.29 is 13.7 Å². The first-order valence-corrected chi connectivity index (χ1v) is 5.93. The number of hydrogen-bond acceptors (Lipinski definition) is 3. The van der Waals surface area contributed by atoms with Crippen LogP contribution in [0.25, 0.3) is 0 Å². The Hall–Kier alpha value is -2.50. The molecule has 0 spiro atoms. The van der Waals surface area contributed by atoms with Gasteiger partial charge in [0.25, 0.3) is 5.69 Å². The number of non-ortho nitro benzene ring substituents is 1. The monoisotopic (exact) mass is 278 g/mol. The summed E-state index contributed by atoms with van der Waals surface area (Å²) in [6.45, 7) is 1.69. The van der Waals surface area contributed by atoms with E-state index in [9.17, 15) is 18.9 Å². The standard InChI is InChI=1S/C14H12F2N2O2/c1-9(13-6-5-10(15)7-14(13)16)17-11-3-2-4-12(8-11)18(19)20/h2-9,17H,1H3. The molecule has 2 aromatic carbocycles. The molecule has 0 radical (unpaired) electrons. The van der Waals surface area contributed by atoms with Gasteiger partial charge in [-0.25, -0.2) is 8.78 Å². The fraction of sp³-hybridized carbons (Fsp3) is 0.143. The minimum Gasteiger partial charge on any atom is -0.378 e. The Kier molecular flexibility index (Phi) is 3.93. The number of benzene rings is 2. The van der Waals surface area contributed by atoms with Crippen LogP contribution in [0, 0.1) is 21.7 Å². The zero-order chi connectivity index (χ0) is 14.7. The molecule has 1 unspecified atom stereocenters. The van der Waals surface area contributed by atoms with Gasteiger partial charge in [0.2, 0.25) is 0 Å². The van der Waals surface area contributed by atoms with E-state index >= 15 is 0 Å². The molecule has 2 aromatic rings. The summed E-state index contributed by atoms with van der Waals surface area (Å²) in [7, 11) is 0. The van der Waals surface area contributed by atoms with Gasteiger partial charge in [0, 0.05) is 29.4 Å². The Bertz CT molecular complexity index is 647. The second kappa shape index (κ2) is 5.64. The van der Waals surface area contributed by atoms with Crippen molar-refractivity contribution in [2.24, 2.45) is 0 Å². The van der Waals surface area contributed by atoms with Crippen molar-refractivity contribution in [3.63, 3.8) is 0 Å². The van der Waals surface area contributed by atoms with Gasteiger partial charge >= 0.3 is 0 Å². The van der Waals surface area contributed by atoms with Crippen molar-refractivity contribution in [1.82, 2.24) is 0 Å². The smallest absolute Gasteiger partial charge is 0.271 e. The lowest BCUT2D eigenvalue weighted by molar-refractivity contribution is -0.384. The van der Waals surface area contributed by atoms with Gasteiger partial charge < -0.3 is 5.32 Å². The number of rotatable bonds is 4. The summed E-state index contributed by atoms with van der Waals surface area (Å²) < 4.78 is 26.5. The van der Waals surface area contributed by atoms with Gasteiger partial charge in [-0.3, -0.25) is 10.1 Å². The maximum absolute atomic E-state index is 13.6. The molecule has 0 saturated heterocycles. The summed E-state index contributed by atoms with van der Waals surface area (Å²) in [5.74, 6) is -1.30. The maximum atomic E-state index is 13.6. The largest absolute Gasteiger partial charge is 0.378 e. The Morgan fingerprint density at radius 2 is 1.95 bits per heavy atom. The summed E-state index contributed by atoms with van der Waals surface area (Å²) in [4.78, 5) is 10.2. The minimum absolute atomic E-state index is 0.0539. The molecule has 1 atom stereocenters. The van der Waals surface area contributed by atoms with E-state index in [1.54, 1.807) is 13.0 Å². The maximum Gasteiger partial charge on any atom is 0.271 e. The van der Waals surface area contributed by atoms with Crippen molar-refractivity contribution in [2.75, 3.05) is 5.32 Å². The first-order chi connectivity index (χ1) is 9.47. The van der Waals surface area contributed by atoms with Crippen LogP contribution in [0.15, 0.2) is 42.5 Å². The molecule has 0 aliphatic heterocycles. The Morgan fingerprint density at radius 3 is 2.60 bits per heavy atom. The van der Waals surface area contributed by atoms with E-state index < -0.39 is 22.6 Å². The van der Waals surface area contributed by atoms with Crippen LogP contribution in [0.2, 0.25) is 0 Å². The molecule has 6 heteroatoms. The highest BCUT2D eigenvalue weighted by atomic mass is 19.1.